The van der Waals surface area contributed by atoms with Crippen molar-refractivity contribution in [3.05, 3.63) is 23.9 Å². The summed E-state index contributed by atoms with van der Waals surface area (Å²) >= 11 is 0. The van der Waals surface area contributed by atoms with Crippen molar-refractivity contribution < 1.29 is 4.79 Å². The number of hydrogen-bond donors (Lipinski definition) is 0. The molecule has 2 heterocycles. The van der Waals surface area contributed by atoms with Crippen LogP contribution in [-0.2, 0) is 4.79 Å². The van der Waals surface area contributed by atoms with Crippen LogP contribution < -0.4 is 0 Å². The van der Waals surface area contributed by atoms with Gasteiger partial charge in [0, 0.05) is 57.0 Å². The van der Waals surface area contributed by atoms with Crippen molar-refractivity contribution in [1.82, 2.24) is 9.80 Å². The van der Waals surface area contributed by atoms with Gasteiger partial charge < -0.3 is 4.90 Å². The number of carbonyl (C=O) groups excluding carboxylic acids is 1. The summed E-state index contributed by atoms with van der Waals surface area (Å²) in [6, 6.07) is 0.435. The lowest BCUT2D eigenvalue weighted by Crippen LogP contribution is -2.49. The molecule has 26 heavy (non-hydrogen) atoms. The summed E-state index contributed by atoms with van der Waals surface area (Å²) in [6.45, 7) is 8.51. The van der Waals surface area contributed by atoms with Gasteiger partial charge in [-0.05, 0) is 63.0 Å². The van der Waals surface area contributed by atoms with Gasteiger partial charge in [-0.25, -0.2) is 0 Å². The third-order valence-electron chi connectivity index (χ3n) is 6.36. The van der Waals surface area contributed by atoms with Gasteiger partial charge in [-0.2, -0.15) is 0 Å². The molecule has 0 N–H and O–H groups in total. The largest absolute Gasteiger partial charge is 0.340 e. The second-order valence-electron chi connectivity index (χ2n) is 8.25. The summed E-state index contributed by atoms with van der Waals surface area (Å²) in [5, 5.41) is 0. The molecule has 0 atom stereocenters. The Bertz CT molecular complexity index is 550. The summed E-state index contributed by atoms with van der Waals surface area (Å²) < 4.78 is 0. The fourth-order valence-corrected chi connectivity index (χ4v) is 4.63. The van der Waals surface area contributed by atoms with Crippen molar-refractivity contribution in [2.75, 3.05) is 26.2 Å². The molecule has 0 aromatic heterocycles. The Labute approximate surface area is 159 Å². The first-order valence-corrected chi connectivity index (χ1v) is 10.6. The summed E-state index contributed by atoms with van der Waals surface area (Å²) in [6.07, 6.45) is 16.0. The first kappa shape index (κ1) is 19.3. The normalized spacial score (nSPS) is 27.8. The molecule has 3 rings (SSSR count). The van der Waals surface area contributed by atoms with Gasteiger partial charge in [0.2, 0.25) is 5.91 Å². The number of aliphatic imine (C=N–C) groups is 1. The van der Waals surface area contributed by atoms with Gasteiger partial charge in [-0.15, -0.1) is 0 Å². The molecule has 144 valence electrons. The highest BCUT2D eigenvalue weighted by Crippen LogP contribution is 2.31. The molecule has 1 saturated carbocycles. The first-order valence-electron chi connectivity index (χ1n) is 10.6. The van der Waals surface area contributed by atoms with Gasteiger partial charge in [-0.1, -0.05) is 13.0 Å². The highest BCUT2D eigenvalue weighted by Gasteiger charge is 2.32. The monoisotopic (exact) mass is 357 g/mol. The van der Waals surface area contributed by atoms with E-state index >= 15 is 0 Å². The van der Waals surface area contributed by atoms with Crippen LogP contribution in [0.1, 0.15) is 58.8 Å². The molecule has 3 aliphatic rings. The molecule has 0 spiro atoms. The van der Waals surface area contributed by atoms with E-state index in [1.807, 2.05) is 12.4 Å². The lowest BCUT2D eigenvalue weighted by Gasteiger charge is -2.40. The average Bonchev–Trinajstić information content (AvgIpc) is 2.93. The SMILES string of the molecule is CCN(C(=O)C1CCC(C)CC1)C1CCN(CC2=CCC=NC=C2)CC1. The number of rotatable bonds is 5. The Hall–Kier alpha value is -1.42. The molecule has 4 heteroatoms. The molecule has 0 unspecified atom stereocenters. The van der Waals surface area contributed by atoms with Crippen LogP contribution in [0.15, 0.2) is 28.9 Å². The zero-order valence-electron chi connectivity index (χ0n) is 16.6. The maximum absolute atomic E-state index is 13.1. The number of piperidine rings is 1. The molecule has 0 radical (unpaired) electrons. The summed E-state index contributed by atoms with van der Waals surface area (Å²) in [7, 11) is 0. The number of hydrogen-bond acceptors (Lipinski definition) is 3. The number of carbonyl (C=O) groups is 1. The van der Waals surface area contributed by atoms with Crippen LogP contribution in [0.25, 0.3) is 0 Å². The Kier molecular flexibility index (Phi) is 7.07. The number of likely N-dealkylation sites (tertiary alicyclic amines) is 1. The van der Waals surface area contributed by atoms with Gasteiger partial charge in [0.25, 0.3) is 0 Å². The van der Waals surface area contributed by atoms with Gasteiger partial charge in [-0.3, -0.25) is 14.7 Å². The Balaban J connectivity index is 1.49. The average molecular weight is 358 g/mol. The van der Waals surface area contributed by atoms with Crippen LogP contribution >= 0.6 is 0 Å². The highest BCUT2D eigenvalue weighted by atomic mass is 16.2. The van der Waals surface area contributed by atoms with Crippen molar-refractivity contribution in [2.45, 2.75) is 64.8 Å². The van der Waals surface area contributed by atoms with E-state index in [-0.39, 0.29) is 5.92 Å². The molecule has 0 bridgehead atoms. The van der Waals surface area contributed by atoms with Crippen molar-refractivity contribution in [3.63, 3.8) is 0 Å². The quantitative estimate of drug-likeness (QED) is 0.744. The van der Waals surface area contributed by atoms with E-state index in [1.54, 1.807) is 0 Å². The Morgan fingerprint density at radius 3 is 2.62 bits per heavy atom. The minimum absolute atomic E-state index is 0.283. The predicted molar refractivity (Wildman–Crippen MR) is 108 cm³/mol. The van der Waals surface area contributed by atoms with Crippen LogP contribution in [0.2, 0.25) is 0 Å². The van der Waals surface area contributed by atoms with E-state index in [2.05, 4.69) is 40.8 Å². The van der Waals surface area contributed by atoms with Crippen molar-refractivity contribution >= 4 is 12.1 Å². The molecule has 1 saturated heterocycles. The molecule has 2 fully saturated rings. The van der Waals surface area contributed by atoms with E-state index in [1.165, 1.54) is 18.4 Å². The smallest absolute Gasteiger partial charge is 0.225 e. The van der Waals surface area contributed by atoms with E-state index in [0.29, 0.717) is 11.9 Å². The van der Waals surface area contributed by atoms with Gasteiger partial charge in [0.15, 0.2) is 0 Å². The number of amides is 1. The summed E-state index contributed by atoms with van der Waals surface area (Å²) in [4.78, 5) is 22.0. The highest BCUT2D eigenvalue weighted by molar-refractivity contribution is 5.79. The van der Waals surface area contributed by atoms with Crippen molar-refractivity contribution in [3.8, 4) is 0 Å². The summed E-state index contributed by atoms with van der Waals surface area (Å²) in [5.41, 5.74) is 1.36. The molecule has 0 aromatic rings. The first-order chi connectivity index (χ1) is 12.7. The molecular formula is C22H35N3O. The third kappa shape index (κ3) is 5.06. The topological polar surface area (TPSA) is 35.9 Å². The fourth-order valence-electron chi connectivity index (χ4n) is 4.63. The second-order valence-corrected chi connectivity index (χ2v) is 8.25. The van der Waals surface area contributed by atoms with Crippen LogP contribution in [0.5, 0.6) is 0 Å². The summed E-state index contributed by atoms with van der Waals surface area (Å²) in [5.74, 6) is 1.52. The lowest BCUT2D eigenvalue weighted by molar-refractivity contribution is -0.140. The zero-order chi connectivity index (χ0) is 18.4. The van der Waals surface area contributed by atoms with Crippen LogP contribution in [0, 0.1) is 11.8 Å². The van der Waals surface area contributed by atoms with E-state index in [0.717, 1.165) is 64.2 Å². The Morgan fingerprint density at radius 1 is 1.19 bits per heavy atom. The van der Waals surface area contributed by atoms with Crippen LogP contribution in [-0.4, -0.2) is 54.1 Å². The predicted octanol–water partition coefficient (Wildman–Crippen LogP) is 4.04. The molecule has 4 nitrogen and oxygen atoms in total. The van der Waals surface area contributed by atoms with Gasteiger partial charge >= 0.3 is 0 Å². The standard InChI is InChI=1S/C22H35N3O/c1-3-25(22(26)20-8-6-18(2)7-9-20)21-11-15-24(16-12-21)17-19-5-4-13-23-14-10-19/h5,10,13-14,18,20-21H,3-4,6-9,11-12,15-17H2,1-2H3. The minimum atomic E-state index is 0.283. The molecular weight excluding hydrogens is 322 g/mol. The minimum Gasteiger partial charge on any atom is -0.340 e. The Morgan fingerprint density at radius 2 is 1.92 bits per heavy atom. The molecule has 0 aromatic carbocycles. The third-order valence-corrected chi connectivity index (χ3v) is 6.36. The van der Waals surface area contributed by atoms with Crippen molar-refractivity contribution in [1.29, 1.82) is 0 Å². The van der Waals surface area contributed by atoms with E-state index in [4.69, 9.17) is 0 Å². The fraction of sp³-hybridized carbons (Fsp3) is 0.727. The van der Waals surface area contributed by atoms with Gasteiger partial charge in [0.1, 0.15) is 0 Å². The lowest BCUT2D eigenvalue weighted by atomic mass is 9.82. The zero-order valence-corrected chi connectivity index (χ0v) is 16.6. The maximum atomic E-state index is 13.1. The van der Waals surface area contributed by atoms with E-state index in [9.17, 15) is 4.79 Å². The molecule has 1 amide bonds. The number of allylic oxidation sites excluding steroid dienone is 1. The maximum Gasteiger partial charge on any atom is 0.225 e. The van der Waals surface area contributed by atoms with Crippen LogP contribution in [0.3, 0.4) is 0 Å². The van der Waals surface area contributed by atoms with E-state index < -0.39 is 0 Å². The number of nitrogens with zero attached hydrogens (tertiary/aromatic N) is 3. The molecule has 1 aliphatic carbocycles. The van der Waals surface area contributed by atoms with Crippen LogP contribution in [0.4, 0.5) is 0 Å². The van der Waals surface area contributed by atoms with Gasteiger partial charge in [0.05, 0.1) is 0 Å². The molecule has 2 aliphatic heterocycles. The second kappa shape index (κ2) is 9.50. The van der Waals surface area contributed by atoms with Crippen molar-refractivity contribution in [2.24, 2.45) is 16.8 Å².